The molecule has 7 heteroatoms. The van der Waals surface area contributed by atoms with E-state index < -0.39 is 18.3 Å². The molecule has 0 heterocycles. The quantitative estimate of drug-likeness (QED) is 0.377. The lowest BCUT2D eigenvalue weighted by Gasteiger charge is -2.21. The third-order valence-electron chi connectivity index (χ3n) is 1.91. The normalized spacial score (nSPS) is 14.1. The Hall–Kier alpha value is -0.450. The first-order valence-electron chi connectivity index (χ1n) is 5.39. The standard InChI is InChI=1S/C9H20NO5P/c1-5-14-16(13,15-6-2)9(10(11)12)7-8(3)4/h8-9H,5-7H2,1-4H3/t9-/m1/s1. The highest BCUT2D eigenvalue weighted by atomic mass is 31.2. The van der Waals surface area contributed by atoms with Crippen LogP contribution in [0.2, 0.25) is 0 Å². The minimum atomic E-state index is -3.64. The van der Waals surface area contributed by atoms with E-state index in [0.29, 0.717) is 0 Å². The summed E-state index contributed by atoms with van der Waals surface area (Å²) < 4.78 is 22.2. The van der Waals surface area contributed by atoms with Gasteiger partial charge >= 0.3 is 13.4 Å². The zero-order valence-electron chi connectivity index (χ0n) is 10.2. The predicted octanol–water partition coefficient (Wildman–Crippen LogP) is 2.90. The number of hydrogen-bond donors (Lipinski definition) is 0. The topological polar surface area (TPSA) is 78.7 Å². The third-order valence-corrected chi connectivity index (χ3v) is 4.27. The molecule has 0 aromatic heterocycles. The van der Waals surface area contributed by atoms with Gasteiger partial charge in [0.1, 0.15) is 0 Å². The first-order chi connectivity index (χ1) is 7.37. The Labute approximate surface area is 96.0 Å². The SMILES string of the molecule is CCOP(=O)(OCC)[C@H](CC(C)C)[N+](=O)[O-]. The van der Waals surface area contributed by atoms with Crippen LogP contribution in [0, 0.1) is 16.0 Å². The van der Waals surface area contributed by atoms with E-state index in [9.17, 15) is 14.7 Å². The second-order valence-electron chi connectivity index (χ2n) is 3.77. The molecule has 6 nitrogen and oxygen atoms in total. The van der Waals surface area contributed by atoms with E-state index >= 15 is 0 Å². The summed E-state index contributed by atoms with van der Waals surface area (Å²) >= 11 is 0. The number of rotatable bonds is 8. The van der Waals surface area contributed by atoms with Crippen LogP contribution in [0.5, 0.6) is 0 Å². The largest absolute Gasteiger partial charge is 0.403 e. The summed E-state index contributed by atoms with van der Waals surface area (Å²) in [6.45, 7) is 7.22. The molecule has 0 aliphatic heterocycles. The van der Waals surface area contributed by atoms with Gasteiger partial charge in [-0.15, -0.1) is 0 Å². The molecule has 16 heavy (non-hydrogen) atoms. The monoisotopic (exact) mass is 253 g/mol. The van der Waals surface area contributed by atoms with Gasteiger partial charge in [-0.05, 0) is 19.8 Å². The molecule has 0 saturated heterocycles. The summed E-state index contributed by atoms with van der Waals surface area (Å²) in [5.74, 6) is -1.21. The van der Waals surface area contributed by atoms with Crippen LogP contribution >= 0.6 is 7.60 Å². The van der Waals surface area contributed by atoms with E-state index in [4.69, 9.17) is 9.05 Å². The molecule has 1 atom stereocenters. The Morgan fingerprint density at radius 2 is 1.69 bits per heavy atom. The summed E-state index contributed by atoms with van der Waals surface area (Å²) in [5.41, 5.74) is 0. The number of nitrogens with zero attached hydrogens (tertiary/aromatic N) is 1. The molecule has 0 aliphatic rings. The molecule has 0 aliphatic carbocycles. The Bertz CT molecular complexity index is 259. The molecule has 0 fully saturated rings. The van der Waals surface area contributed by atoms with Crippen LogP contribution in [0.4, 0.5) is 0 Å². The predicted molar refractivity (Wildman–Crippen MR) is 61.1 cm³/mol. The van der Waals surface area contributed by atoms with E-state index in [2.05, 4.69) is 0 Å². The first-order valence-corrected chi connectivity index (χ1v) is 7.00. The minimum Gasteiger partial charge on any atom is -0.304 e. The van der Waals surface area contributed by atoms with Gasteiger partial charge in [0.05, 0.1) is 13.2 Å². The first kappa shape index (κ1) is 15.6. The summed E-state index contributed by atoms with van der Waals surface area (Å²) in [4.78, 5) is 10.3. The highest BCUT2D eigenvalue weighted by Gasteiger charge is 2.45. The zero-order valence-corrected chi connectivity index (χ0v) is 11.1. The summed E-state index contributed by atoms with van der Waals surface area (Å²) in [6.07, 6.45) is 0.185. The van der Waals surface area contributed by atoms with E-state index in [-0.39, 0.29) is 25.6 Å². The van der Waals surface area contributed by atoms with Crippen molar-refractivity contribution in [2.45, 2.75) is 39.9 Å². The average molecular weight is 253 g/mol. The van der Waals surface area contributed by atoms with Gasteiger partial charge in [0.25, 0.3) is 0 Å². The zero-order chi connectivity index (χ0) is 12.8. The van der Waals surface area contributed by atoms with Crippen molar-refractivity contribution in [2.24, 2.45) is 5.92 Å². The lowest BCUT2D eigenvalue weighted by atomic mass is 10.1. The maximum absolute atomic E-state index is 12.2. The fraction of sp³-hybridized carbons (Fsp3) is 1.00. The Morgan fingerprint density at radius 1 is 1.25 bits per heavy atom. The molecule has 0 unspecified atom stereocenters. The Balaban J connectivity index is 4.93. The molecule has 0 radical (unpaired) electrons. The smallest absolute Gasteiger partial charge is 0.304 e. The van der Waals surface area contributed by atoms with Crippen LogP contribution in [0.25, 0.3) is 0 Å². The molecule has 0 aromatic carbocycles. The van der Waals surface area contributed by atoms with Gasteiger partial charge in [0.2, 0.25) is 0 Å². The molecule has 0 spiro atoms. The van der Waals surface area contributed by atoms with Gasteiger partial charge in [-0.1, -0.05) is 13.8 Å². The van der Waals surface area contributed by atoms with Crippen molar-refractivity contribution in [1.82, 2.24) is 0 Å². The number of nitro groups is 1. The van der Waals surface area contributed by atoms with Crippen LogP contribution in [0.15, 0.2) is 0 Å². The van der Waals surface area contributed by atoms with Crippen LogP contribution in [0.1, 0.15) is 34.1 Å². The average Bonchev–Trinajstić information content (AvgIpc) is 2.14. The highest BCUT2D eigenvalue weighted by Crippen LogP contribution is 2.54. The van der Waals surface area contributed by atoms with Crippen LogP contribution in [-0.2, 0) is 13.6 Å². The van der Waals surface area contributed by atoms with Crippen molar-refractivity contribution in [3.63, 3.8) is 0 Å². The van der Waals surface area contributed by atoms with Crippen molar-refractivity contribution in [3.05, 3.63) is 10.1 Å². The van der Waals surface area contributed by atoms with Crippen LogP contribution < -0.4 is 0 Å². The van der Waals surface area contributed by atoms with Crippen molar-refractivity contribution in [3.8, 4) is 0 Å². The molecule has 0 bridgehead atoms. The van der Waals surface area contributed by atoms with E-state index in [1.807, 2.05) is 13.8 Å². The van der Waals surface area contributed by atoms with Crippen molar-refractivity contribution in [2.75, 3.05) is 13.2 Å². The van der Waals surface area contributed by atoms with E-state index in [0.717, 1.165) is 0 Å². The maximum Gasteiger partial charge on any atom is 0.403 e. The second kappa shape index (κ2) is 6.99. The van der Waals surface area contributed by atoms with Gasteiger partial charge in [-0.25, -0.2) is 0 Å². The number of hydrogen-bond acceptors (Lipinski definition) is 5. The van der Waals surface area contributed by atoms with Gasteiger partial charge in [-0.2, -0.15) is 0 Å². The molecule has 0 N–H and O–H groups in total. The molecule has 0 amide bonds. The van der Waals surface area contributed by atoms with Gasteiger partial charge < -0.3 is 9.05 Å². The van der Waals surface area contributed by atoms with Crippen molar-refractivity contribution in [1.29, 1.82) is 0 Å². The van der Waals surface area contributed by atoms with Gasteiger partial charge in [0, 0.05) is 11.3 Å². The van der Waals surface area contributed by atoms with E-state index in [1.54, 1.807) is 13.8 Å². The molecule has 96 valence electrons. The van der Waals surface area contributed by atoms with Gasteiger partial charge in [-0.3, -0.25) is 14.7 Å². The van der Waals surface area contributed by atoms with E-state index in [1.165, 1.54) is 0 Å². The van der Waals surface area contributed by atoms with Crippen molar-refractivity contribution >= 4 is 7.60 Å². The molecule has 0 saturated carbocycles. The summed E-state index contributed by atoms with van der Waals surface area (Å²) in [6, 6.07) is 0. The Morgan fingerprint density at radius 3 is 1.94 bits per heavy atom. The summed E-state index contributed by atoms with van der Waals surface area (Å²) in [7, 11) is -3.64. The highest BCUT2D eigenvalue weighted by molar-refractivity contribution is 7.54. The molecular formula is C9H20NO5P. The van der Waals surface area contributed by atoms with Crippen LogP contribution in [-0.4, -0.2) is 23.9 Å². The maximum atomic E-state index is 12.2. The minimum absolute atomic E-state index is 0.0598. The summed E-state index contributed by atoms with van der Waals surface area (Å²) in [5, 5.41) is 10.9. The fourth-order valence-electron chi connectivity index (χ4n) is 1.32. The van der Waals surface area contributed by atoms with Crippen LogP contribution in [0.3, 0.4) is 0 Å². The molecular weight excluding hydrogens is 233 g/mol. The third kappa shape index (κ3) is 4.60. The molecule has 0 rings (SSSR count). The Kier molecular flexibility index (Phi) is 6.79. The fourth-order valence-corrected chi connectivity index (χ4v) is 3.37. The van der Waals surface area contributed by atoms with Gasteiger partial charge in [0.15, 0.2) is 0 Å². The molecule has 0 aromatic rings. The van der Waals surface area contributed by atoms with Crippen molar-refractivity contribution < 1.29 is 18.5 Å². The lowest BCUT2D eigenvalue weighted by molar-refractivity contribution is -0.503. The second-order valence-corrected chi connectivity index (χ2v) is 5.96. The lowest BCUT2D eigenvalue weighted by Crippen LogP contribution is -2.24.